The zero-order valence-electron chi connectivity index (χ0n) is 16.2. The summed E-state index contributed by atoms with van der Waals surface area (Å²) in [5.41, 5.74) is 0.935. The highest BCUT2D eigenvalue weighted by Gasteiger charge is 2.27. The highest BCUT2D eigenvalue weighted by Crippen LogP contribution is 2.29. The molecule has 0 atom stereocenters. The van der Waals surface area contributed by atoms with Gasteiger partial charge in [0, 0.05) is 19.6 Å². The van der Waals surface area contributed by atoms with E-state index in [1.54, 1.807) is 27.8 Å². The number of methoxy groups -OCH3 is 2. The Morgan fingerprint density at radius 3 is 2.39 bits per heavy atom. The molecule has 0 bridgehead atoms. The average molecular weight is 388 g/mol. The number of ether oxygens (including phenoxy) is 3. The van der Waals surface area contributed by atoms with Crippen LogP contribution in [0.5, 0.6) is 11.5 Å². The molecule has 28 heavy (non-hydrogen) atoms. The van der Waals surface area contributed by atoms with E-state index in [2.05, 4.69) is 10.4 Å². The number of anilines is 1. The number of nitrogens with one attached hydrogen (secondary N) is 1. The predicted octanol–water partition coefficient (Wildman–Crippen LogP) is 1.64. The van der Waals surface area contributed by atoms with Gasteiger partial charge in [0.25, 0.3) is 11.8 Å². The summed E-state index contributed by atoms with van der Waals surface area (Å²) >= 11 is 0. The Morgan fingerprint density at radius 2 is 1.82 bits per heavy atom. The fraction of sp³-hybridized carbons (Fsp3) is 0.421. The van der Waals surface area contributed by atoms with Gasteiger partial charge < -0.3 is 24.4 Å². The van der Waals surface area contributed by atoms with E-state index in [1.165, 1.54) is 20.4 Å². The van der Waals surface area contributed by atoms with Crippen LogP contribution in [0.25, 0.3) is 0 Å². The Hall–Kier alpha value is -3.07. The third-order valence-corrected chi connectivity index (χ3v) is 4.54. The Morgan fingerprint density at radius 1 is 1.18 bits per heavy atom. The van der Waals surface area contributed by atoms with Crippen LogP contribution < -0.4 is 14.8 Å². The van der Waals surface area contributed by atoms with Gasteiger partial charge in [-0.25, -0.2) is 0 Å². The summed E-state index contributed by atoms with van der Waals surface area (Å²) in [5, 5.41) is 7.03. The summed E-state index contributed by atoms with van der Waals surface area (Å²) in [6.45, 7) is 4.37. The van der Waals surface area contributed by atoms with Crippen LogP contribution in [0.15, 0.2) is 24.4 Å². The van der Waals surface area contributed by atoms with E-state index >= 15 is 0 Å². The first-order valence-electron chi connectivity index (χ1n) is 9.05. The van der Waals surface area contributed by atoms with E-state index in [9.17, 15) is 9.59 Å². The molecule has 0 saturated carbocycles. The third-order valence-electron chi connectivity index (χ3n) is 4.54. The van der Waals surface area contributed by atoms with Crippen LogP contribution in [-0.2, 0) is 11.3 Å². The van der Waals surface area contributed by atoms with Crippen molar-refractivity contribution in [3.63, 3.8) is 0 Å². The van der Waals surface area contributed by atoms with E-state index in [4.69, 9.17) is 14.2 Å². The van der Waals surface area contributed by atoms with Crippen molar-refractivity contribution >= 4 is 17.5 Å². The second-order valence-corrected chi connectivity index (χ2v) is 6.12. The van der Waals surface area contributed by atoms with Crippen LogP contribution in [-0.4, -0.2) is 67.0 Å². The lowest BCUT2D eigenvalue weighted by molar-refractivity contribution is 0.0295. The maximum Gasteiger partial charge on any atom is 0.274 e. The van der Waals surface area contributed by atoms with Crippen molar-refractivity contribution in [3.05, 3.63) is 35.7 Å². The van der Waals surface area contributed by atoms with Gasteiger partial charge in [-0.3, -0.25) is 14.3 Å². The first-order chi connectivity index (χ1) is 13.6. The number of aromatic nitrogens is 2. The second kappa shape index (κ2) is 8.75. The van der Waals surface area contributed by atoms with Crippen LogP contribution >= 0.6 is 0 Å². The molecule has 0 radical (unpaired) electrons. The van der Waals surface area contributed by atoms with Gasteiger partial charge in [0.2, 0.25) is 0 Å². The van der Waals surface area contributed by atoms with Crippen LogP contribution in [0.4, 0.5) is 5.69 Å². The lowest BCUT2D eigenvalue weighted by Gasteiger charge is -2.27. The van der Waals surface area contributed by atoms with Crippen molar-refractivity contribution in [2.24, 2.45) is 0 Å². The molecule has 2 heterocycles. The van der Waals surface area contributed by atoms with Crippen molar-refractivity contribution in [2.75, 3.05) is 45.8 Å². The van der Waals surface area contributed by atoms with Gasteiger partial charge in [0.1, 0.15) is 22.8 Å². The van der Waals surface area contributed by atoms with E-state index in [-0.39, 0.29) is 11.5 Å². The molecule has 0 unspecified atom stereocenters. The van der Waals surface area contributed by atoms with Gasteiger partial charge in [0.05, 0.1) is 39.3 Å². The van der Waals surface area contributed by atoms with Crippen molar-refractivity contribution < 1.29 is 23.8 Å². The zero-order chi connectivity index (χ0) is 20.1. The van der Waals surface area contributed by atoms with Crippen molar-refractivity contribution in [1.82, 2.24) is 14.7 Å². The maximum atomic E-state index is 13.0. The number of amides is 2. The summed E-state index contributed by atoms with van der Waals surface area (Å²) in [7, 11) is 2.96. The highest BCUT2D eigenvalue weighted by atomic mass is 16.5. The molecular weight excluding hydrogens is 364 g/mol. The second-order valence-electron chi connectivity index (χ2n) is 6.12. The third kappa shape index (κ3) is 3.79. The van der Waals surface area contributed by atoms with Crippen LogP contribution in [0.2, 0.25) is 0 Å². The fourth-order valence-corrected chi connectivity index (χ4v) is 3.12. The number of carbonyl (C=O) groups excluding carboxylic acids is 2. The van der Waals surface area contributed by atoms with E-state index < -0.39 is 5.91 Å². The number of hydrogen-bond donors (Lipinski definition) is 1. The summed E-state index contributed by atoms with van der Waals surface area (Å²) in [6, 6.07) is 5.08. The number of nitrogens with zero attached hydrogens (tertiary/aromatic N) is 3. The SMILES string of the molecule is CCn1ncc(NC(=O)c2c(OC)cccc2OC)c1C(=O)N1CCOCC1. The smallest absolute Gasteiger partial charge is 0.274 e. The molecule has 2 aromatic rings. The Kier molecular flexibility index (Phi) is 6.15. The molecule has 1 aliphatic rings. The summed E-state index contributed by atoms with van der Waals surface area (Å²) in [6.07, 6.45) is 1.48. The maximum absolute atomic E-state index is 13.0. The Balaban J connectivity index is 1.92. The Bertz CT molecular complexity index is 836. The topological polar surface area (TPSA) is 94.9 Å². The van der Waals surface area contributed by atoms with Crippen molar-refractivity contribution in [1.29, 1.82) is 0 Å². The zero-order valence-corrected chi connectivity index (χ0v) is 16.2. The number of carbonyl (C=O) groups is 2. The molecular formula is C19H24N4O5. The van der Waals surface area contributed by atoms with Gasteiger partial charge in [-0.15, -0.1) is 0 Å². The van der Waals surface area contributed by atoms with E-state index in [1.807, 2.05) is 6.92 Å². The quantitative estimate of drug-likeness (QED) is 0.809. The molecule has 1 saturated heterocycles. The van der Waals surface area contributed by atoms with Crippen molar-refractivity contribution in [2.45, 2.75) is 13.5 Å². The predicted molar refractivity (Wildman–Crippen MR) is 102 cm³/mol. The standard InChI is InChI=1S/C19H24N4O5/c1-4-23-17(19(25)22-8-10-28-11-9-22)13(12-20-23)21-18(24)16-14(26-2)6-5-7-15(16)27-3/h5-7,12H,4,8-11H2,1-3H3,(H,21,24). The lowest BCUT2D eigenvalue weighted by Crippen LogP contribution is -2.41. The average Bonchev–Trinajstić information content (AvgIpc) is 3.15. The molecule has 2 amide bonds. The number of rotatable bonds is 6. The molecule has 1 aromatic carbocycles. The monoisotopic (exact) mass is 388 g/mol. The molecule has 9 heteroatoms. The molecule has 1 fully saturated rings. The van der Waals surface area contributed by atoms with Crippen LogP contribution in [0.3, 0.4) is 0 Å². The molecule has 1 aromatic heterocycles. The highest BCUT2D eigenvalue weighted by molar-refractivity contribution is 6.11. The molecule has 1 aliphatic heterocycles. The molecule has 150 valence electrons. The number of hydrogen-bond acceptors (Lipinski definition) is 6. The first kappa shape index (κ1) is 19.7. The number of benzene rings is 1. The molecule has 3 rings (SSSR count). The van der Waals surface area contributed by atoms with Gasteiger partial charge in [0.15, 0.2) is 0 Å². The fourth-order valence-electron chi connectivity index (χ4n) is 3.12. The van der Waals surface area contributed by atoms with Gasteiger partial charge in [-0.05, 0) is 19.1 Å². The largest absolute Gasteiger partial charge is 0.496 e. The minimum Gasteiger partial charge on any atom is -0.496 e. The molecule has 0 spiro atoms. The lowest BCUT2D eigenvalue weighted by atomic mass is 10.1. The summed E-state index contributed by atoms with van der Waals surface area (Å²) in [5.74, 6) is 0.118. The minimum atomic E-state index is -0.444. The Labute approximate surface area is 163 Å². The van der Waals surface area contributed by atoms with Crippen LogP contribution in [0, 0.1) is 0 Å². The summed E-state index contributed by atoms with van der Waals surface area (Å²) < 4.78 is 17.5. The molecule has 1 N–H and O–H groups in total. The van der Waals surface area contributed by atoms with Gasteiger partial charge >= 0.3 is 0 Å². The van der Waals surface area contributed by atoms with E-state index in [0.717, 1.165) is 0 Å². The van der Waals surface area contributed by atoms with Crippen molar-refractivity contribution in [3.8, 4) is 11.5 Å². The van der Waals surface area contributed by atoms with Gasteiger partial charge in [-0.1, -0.05) is 6.07 Å². The van der Waals surface area contributed by atoms with Gasteiger partial charge in [-0.2, -0.15) is 5.10 Å². The first-order valence-corrected chi connectivity index (χ1v) is 9.05. The summed E-state index contributed by atoms with van der Waals surface area (Å²) in [4.78, 5) is 27.7. The van der Waals surface area contributed by atoms with Crippen LogP contribution in [0.1, 0.15) is 27.8 Å². The molecule has 0 aliphatic carbocycles. The number of aryl methyl sites for hydroxylation is 1. The molecule has 9 nitrogen and oxygen atoms in total. The minimum absolute atomic E-state index is 0.190. The normalized spacial score (nSPS) is 13.9. The van der Waals surface area contributed by atoms with E-state index in [0.29, 0.717) is 55.7 Å². The number of morpholine rings is 1.